The Labute approximate surface area is 159 Å². The lowest BCUT2D eigenvalue weighted by atomic mass is 10.1. The summed E-state index contributed by atoms with van der Waals surface area (Å²) in [7, 11) is 4.14. The van der Waals surface area contributed by atoms with E-state index in [2.05, 4.69) is 36.4 Å². The molecule has 0 saturated carbocycles. The molecule has 0 saturated heterocycles. The first-order valence-corrected chi connectivity index (χ1v) is 9.09. The maximum Gasteiger partial charge on any atom is 0.117 e. The quantitative estimate of drug-likeness (QED) is 0.619. The molecule has 0 fully saturated rings. The van der Waals surface area contributed by atoms with E-state index in [1.54, 1.807) is 4.80 Å². The number of hydrogen-bond acceptors (Lipinski definition) is 4. The summed E-state index contributed by atoms with van der Waals surface area (Å²) in [5.41, 5.74) is 4.09. The molecule has 0 amide bonds. The third kappa shape index (κ3) is 5.14. The van der Waals surface area contributed by atoms with Gasteiger partial charge in [-0.25, -0.2) is 0 Å². The van der Waals surface area contributed by atoms with E-state index in [9.17, 15) is 0 Å². The summed E-state index contributed by atoms with van der Waals surface area (Å²) in [6.07, 6.45) is 0. The van der Waals surface area contributed by atoms with E-state index < -0.39 is 0 Å². The van der Waals surface area contributed by atoms with Gasteiger partial charge in [0.25, 0.3) is 0 Å². The lowest BCUT2D eigenvalue weighted by Gasteiger charge is -2.09. The lowest BCUT2D eigenvalue weighted by molar-refractivity contribution is 0.399. The number of nitrogens with zero attached hydrogens (tertiary/aromatic N) is 4. The lowest BCUT2D eigenvalue weighted by Crippen LogP contribution is -2.26. The Hall–Kier alpha value is -2.21. The summed E-state index contributed by atoms with van der Waals surface area (Å²) in [5, 5.41) is 13.6. The molecule has 0 spiro atoms. The van der Waals surface area contributed by atoms with Crippen LogP contribution < -0.4 is 5.32 Å². The van der Waals surface area contributed by atoms with E-state index >= 15 is 0 Å². The van der Waals surface area contributed by atoms with Gasteiger partial charge in [-0.15, -0.1) is 0 Å². The van der Waals surface area contributed by atoms with Gasteiger partial charge >= 0.3 is 0 Å². The first kappa shape index (κ1) is 18.6. The number of nitrogens with one attached hydrogen (secondary N) is 1. The van der Waals surface area contributed by atoms with Gasteiger partial charge in [-0.2, -0.15) is 15.0 Å². The molecule has 6 heteroatoms. The minimum atomic E-state index is 0.620. The van der Waals surface area contributed by atoms with Crippen molar-refractivity contribution < 1.29 is 0 Å². The number of halogens is 1. The molecule has 3 aromatic rings. The van der Waals surface area contributed by atoms with Crippen LogP contribution in [0.5, 0.6) is 0 Å². The summed E-state index contributed by atoms with van der Waals surface area (Å²) < 4.78 is 0. The van der Waals surface area contributed by atoms with Gasteiger partial charge in [-0.05, 0) is 31.8 Å². The molecule has 0 aliphatic heterocycles. The number of benzene rings is 2. The fourth-order valence-corrected chi connectivity index (χ4v) is 2.78. The smallest absolute Gasteiger partial charge is 0.117 e. The number of likely N-dealkylation sites (N-methyl/N-ethyl adjacent to an activating group) is 1. The van der Waals surface area contributed by atoms with Gasteiger partial charge in [-0.1, -0.05) is 54.1 Å². The van der Waals surface area contributed by atoms with Gasteiger partial charge in [0.2, 0.25) is 0 Å². The Morgan fingerprint density at radius 1 is 1.00 bits per heavy atom. The molecule has 1 heterocycles. The van der Waals surface area contributed by atoms with Crippen LogP contribution in [-0.2, 0) is 13.1 Å². The van der Waals surface area contributed by atoms with E-state index in [-0.39, 0.29) is 0 Å². The van der Waals surface area contributed by atoms with Gasteiger partial charge < -0.3 is 10.2 Å². The topological polar surface area (TPSA) is 46.0 Å². The Balaban J connectivity index is 1.79. The minimum Gasteiger partial charge on any atom is -0.310 e. The zero-order valence-corrected chi connectivity index (χ0v) is 15.9. The molecule has 0 aliphatic rings. The second-order valence-electron chi connectivity index (χ2n) is 6.50. The molecular weight excluding hydrogens is 346 g/mol. The number of hydrogen-bond donors (Lipinski definition) is 1. The molecule has 5 nitrogen and oxygen atoms in total. The second kappa shape index (κ2) is 8.94. The van der Waals surface area contributed by atoms with Crippen LogP contribution in [0.4, 0.5) is 0 Å². The van der Waals surface area contributed by atoms with E-state index in [1.807, 2.05) is 42.5 Å². The normalized spacial score (nSPS) is 11.2. The van der Waals surface area contributed by atoms with Gasteiger partial charge in [0, 0.05) is 30.2 Å². The summed E-state index contributed by atoms with van der Waals surface area (Å²) in [4.78, 5) is 3.91. The highest BCUT2D eigenvalue weighted by Gasteiger charge is 2.13. The Morgan fingerprint density at radius 2 is 1.73 bits per heavy atom. The van der Waals surface area contributed by atoms with Gasteiger partial charge in [-0.3, -0.25) is 0 Å². The second-order valence-corrected chi connectivity index (χ2v) is 6.93. The Bertz CT molecular complexity index is 812. The fourth-order valence-electron chi connectivity index (χ4n) is 2.65. The molecule has 136 valence electrons. The maximum absolute atomic E-state index is 5.97. The van der Waals surface area contributed by atoms with Crippen LogP contribution in [0.2, 0.25) is 5.02 Å². The average molecular weight is 370 g/mol. The summed E-state index contributed by atoms with van der Waals surface area (Å²) in [5.74, 6) is 0. The van der Waals surface area contributed by atoms with Crippen molar-refractivity contribution in [2.45, 2.75) is 13.1 Å². The van der Waals surface area contributed by atoms with Crippen molar-refractivity contribution in [3.63, 3.8) is 0 Å². The minimum absolute atomic E-state index is 0.620. The highest BCUT2D eigenvalue weighted by Crippen LogP contribution is 2.20. The Morgan fingerprint density at radius 3 is 2.42 bits per heavy atom. The number of rotatable bonds is 8. The first-order chi connectivity index (χ1) is 12.6. The maximum atomic E-state index is 5.97. The van der Waals surface area contributed by atoms with Crippen LogP contribution >= 0.6 is 11.6 Å². The van der Waals surface area contributed by atoms with Crippen molar-refractivity contribution in [3.05, 3.63) is 70.9 Å². The Kier molecular flexibility index (Phi) is 6.39. The van der Waals surface area contributed by atoms with Gasteiger partial charge in [0.05, 0.1) is 6.54 Å². The molecule has 0 radical (unpaired) electrons. The molecule has 0 atom stereocenters. The van der Waals surface area contributed by atoms with Crippen molar-refractivity contribution in [1.82, 2.24) is 25.2 Å². The molecule has 1 aromatic heterocycles. The average Bonchev–Trinajstić information content (AvgIpc) is 3.04. The molecule has 2 aromatic carbocycles. The van der Waals surface area contributed by atoms with Crippen LogP contribution in [0.25, 0.3) is 11.3 Å². The van der Waals surface area contributed by atoms with Crippen molar-refractivity contribution in [2.24, 2.45) is 0 Å². The van der Waals surface area contributed by atoms with Crippen LogP contribution in [-0.4, -0.2) is 47.1 Å². The third-order valence-corrected chi connectivity index (χ3v) is 4.29. The first-order valence-electron chi connectivity index (χ1n) is 8.71. The van der Waals surface area contributed by atoms with Gasteiger partial charge in [0.15, 0.2) is 0 Å². The van der Waals surface area contributed by atoms with Crippen molar-refractivity contribution in [2.75, 3.05) is 27.2 Å². The molecule has 0 aliphatic carbocycles. The molecule has 3 rings (SSSR count). The largest absolute Gasteiger partial charge is 0.310 e. The van der Waals surface area contributed by atoms with E-state index in [1.165, 1.54) is 0 Å². The molecule has 0 unspecified atom stereocenters. The fraction of sp³-hybridized carbons (Fsp3) is 0.300. The van der Waals surface area contributed by atoms with Crippen molar-refractivity contribution in [3.8, 4) is 11.3 Å². The molecular formula is C20H24ClN5. The number of aromatic nitrogens is 3. The molecule has 26 heavy (non-hydrogen) atoms. The van der Waals surface area contributed by atoms with Crippen LogP contribution in [0.1, 0.15) is 11.3 Å². The van der Waals surface area contributed by atoms with Crippen LogP contribution in [0.15, 0.2) is 54.6 Å². The van der Waals surface area contributed by atoms with E-state index in [0.717, 1.165) is 40.6 Å². The highest BCUT2D eigenvalue weighted by atomic mass is 35.5. The predicted molar refractivity (Wildman–Crippen MR) is 106 cm³/mol. The SMILES string of the molecule is CN(C)CCNCc1nn(Cc2ccc(Cl)cc2)nc1-c1ccccc1. The summed E-state index contributed by atoms with van der Waals surface area (Å²) >= 11 is 5.97. The molecule has 0 bridgehead atoms. The van der Waals surface area contributed by atoms with Crippen LogP contribution in [0.3, 0.4) is 0 Å². The summed E-state index contributed by atoms with van der Waals surface area (Å²) in [6.45, 7) is 3.21. The monoisotopic (exact) mass is 369 g/mol. The van der Waals surface area contributed by atoms with Crippen molar-refractivity contribution in [1.29, 1.82) is 0 Å². The van der Waals surface area contributed by atoms with Crippen LogP contribution in [0, 0.1) is 0 Å². The molecule has 1 N–H and O–H groups in total. The zero-order chi connectivity index (χ0) is 18.4. The standard InChI is InChI=1S/C20H24ClN5/c1-25(2)13-12-22-14-19-20(17-6-4-3-5-7-17)24-26(23-19)15-16-8-10-18(21)11-9-16/h3-11,22H,12-15H2,1-2H3. The van der Waals surface area contributed by atoms with Gasteiger partial charge in [0.1, 0.15) is 11.4 Å². The highest BCUT2D eigenvalue weighted by molar-refractivity contribution is 6.30. The van der Waals surface area contributed by atoms with E-state index in [4.69, 9.17) is 21.8 Å². The predicted octanol–water partition coefficient (Wildman–Crippen LogP) is 3.30. The van der Waals surface area contributed by atoms with Crippen molar-refractivity contribution >= 4 is 11.6 Å². The summed E-state index contributed by atoms with van der Waals surface area (Å²) in [6, 6.07) is 18.0. The third-order valence-electron chi connectivity index (χ3n) is 4.04. The zero-order valence-electron chi connectivity index (χ0n) is 15.2. The van der Waals surface area contributed by atoms with E-state index in [0.29, 0.717) is 13.1 Å².